The van der Waals surface area contributed by atoms with Crippen LogP contribution in [0.15, 0.2) is 24.4 Å². The number of halogens is 1. The molecule has 2 aromatic rings. The van der Waals surface area contributed by atoms with Crippen molar-refractivity contribution < 1.29 is 10.2 Å². The molecular formula is C14H20ClN3O2. The Morgan fingerprint density at radius 1 is 1.30 bits per heavy atom. The van der Waals surface area contributed by atoms with E-state index in [0.29, 0.717) is 12.6 Å². The van der Waals surface area contributed by atoms with Gasteiger partial charge >= 0.3 is 0 Å². The fourth-order valence-corrected chi connectivity index (χ4v) is 1.80. The number of hydrogen-bond donors (Lipinski definition) is 3. The average Bonchev–Trinajstić information content (AvgIpc) is 2.70. The third-order valence-corrected chi connectivity index (χ3v) is 2.96. The normalized spacial score (nSPS) is 10.4. The quantitative estimate of drug-likeness (QED) is 0.810. The first-order valence-electron chi connectivity index (χ1n) is 6.28. The lowest BCUT2D eigenvalue weighted by Crippen LogP contribution is -2.04. The first kappa shape index (κ1) is 16.2. The highest BCUT2D eigenvalue weighted by Crippen LogP contribution is 2.24. The number of anilines is 1. The second kappa shape index (κ2) is 6.52. The number of benzene rings is 1. The number of phenolic OH excluding ortho intramolecular Hbond substituents is 2. The summed E-state index contributed by atoms with van der Waals surface area (Å²) in [4.78, 5) is 0. The molecule has 20 heavy (non-hydrogen) atoms. The summed E-state index contributed by atoms with van der Waals surface area (Å²) >= 11 is 0. The zero-order chi connectivity index (χ0) is 14.0. The van der Waals surface area contributed by atoms with Crippen LogP contribution < -0.4 is 5.32 Å². The molecule has 1 aromatic carbocycles. The minimum Gasteiger partial charge on any atom is -0.508 e. The van der Waals surface area contributed by atoms with Crippen LogP contribution in [0.2, 0.25) is 0 Å². The molecule has 0 fully saturated rings. The van der Waals surface area contributed by atoms with Crippen LogP contribution in [-0.2, 0) is 6.54 Å². The van der Waals surface area contributed by atoms with Crippen molar-refractivity contribution in [2.24, 2.45) is 0 Å². The fourth-order valence-electron chi connectivity index (χ4n) is 1.80. The van der Waals surface area contributed by atoms with E-state index in [0.717, 1.165) is 16.9 Å². The van der Waals surface area contributed by atoms with Crippen molar-refractivity contribution in [3.8, 4) is 11.5 Å². The van der Waals surface area contributed by atoms with E-state index in [2.05, 4.69) is 24.3 Å². The first-order chi connectivity index (χ1) is 8.97. The number of aromatic nitrogens is 2. The number of phenols is 2. The minimum absolute atomic E-state index is 0. The Morgan fingerprint density at radius 2 is 2.00 bits per heavy atom. The molecule has 0 amide bonds. The second-order valence-corrected chi connectivity index (χ2v) is 4.90. The van der Waals surface area contributed by atoms with E-state index >= 15 is 0 Å². The summed E-state index contributed by atoms with van der Waals surface area (Å²) in [6, 6.07) is 4.88. The highest BCUT2D eigenvalue weighted by molar-refractivity contribution is 5.85. The predicted octanol–water partition coefficient (Wildman–Crippen LogP) is 3.22. The molecule has 3 N–H and O–H groups in total. The maximum atomic E-state index is 9.71. The second-order valence-electron chi connectivity index (χ2n) is 4.90. The molecule has 1 aromatic heterocycles. The number of aromatic hydroxyl groups is 2. The Kier molecular flexibility index (Phi) is 5.27. The zero-order valence-corrected chi connectivity index (χ0v) is 12.6. The number of nitrogens with one attached hydrogen (secondary N) is 1. The van der Waals surface area contributed by atoms with Crippen molar-refractivity contribution in [3.05, 3.63) is 35.5 Å². The molecule has 0 radical (unpaired) electrons. The van der Waals surface area contributed by atoms with Crippen LogP contribution in [0.4, 0.5) is 5.82 Å². The van der Waals surface area contributed by atoms with E-state index < -0.39 is 0 Å². The first-order valence-corrected chi connectivity index (χ1v) is 6.28. The molecule has 0 aliphatic carbocycles. The summed E-state index contributed by atoms with van der Waals surface area (Å²) in [7, 11) is 0. The molecule has 0 aliphatic rings. The monoisotopic (exact) mass is 297 g/mol. The number of hydrogen-bond acceptors (Lipinski definition) is 4. The highest BCUT2D eigenvalue weighted by Gasteiger charge is 2.08. The van der Waals surface area contributed by atoms with Gasteiger partial charge in [0.2, 0.25) is 0 Å². The SMILES string of the molecule is Cc1cn(C(C)C)nc1NCc1ccc(O)cc1O.Cl. The molecule has 0 atom stereocenters. The van der Waals surface area contributed by atoms with E-state index in [4.69, 9.17) is 0 Å². The molecule has 6 heteroatoms. The van der Waals surface area contributed by atoms with Crippen molar-refractivity contribution in [1.29, 1.82) is 0 Å². The molecule has 110 valence electrons. The van der Waals surface area contributed by atoms with E-state index in [-0.39, 0.29) is 23.9 Å². The number of nitrogens with zero attached hydrogens (tertiary/aromatic N) is 2. The van der Waals surface area contributed by atoms with E-state index in [9.17, 15) is 10.2 Å². The molecule has 0 saturated heterocycles. The third-order valence-electron chi connectivity index (χ3n) is 2.96. The molecule has 0 spiro atoms. The van der Waals surface area contributed by atoms with Crippen molar-refractivity contribution in [3.63, 3.8) is 0 Å². The van der Waals surface area contributed by atoms with Gasteiger partial charge in [-0.1, -0.05) is 0 Å². The average molecular weight is 298 g/mol. The van der Waals surface area contributed by atoms with Crippen molar-refractivity contribution in [2.75, 3.05) is 5.32 Å². The van der Waals surface area contributed by atoms with Gasteiger partial charge in [-0.2, -0.15) is 5.10 Å². The molecule has 0 saturated carbocycles. The Hall–Kier alpha value is -1.88. The Balaban J connectivity index is 0.00000200. The van der Waals surface area contributed by atoms with Gasteiger partial charge in [0.25, 0.3) is 0 Å². The van der Waals surface area contributed by atoms with E-state index in [1.165, 1.54) is 6.07 Å². The van der Waals surface area contributed by atoms with Crippen LogP contribution in [0, 0.1) is 6.92 Å². The van der Waals surface area contributed by atoms with Gasteiger partial charge in [-0.25, -0.2) is 0 Å². The van der Waals surface area contributed by atoms with Gasteiger partial charge in [0.1, 0.15) is 11.5 Å². The van der Waals surface area contributed by atoms with Gasteiger partial charge in [0.05, 0.1) is 0 Å². The molecule has 0 unspecified atom stereocenters. The molecule has 0 aliphatic heterocycles. The van der Waals surface area contributed by atoms with Crippen LogP contribution in [0.25, 0.3) is 0 Å². The van der Waals surface area contributed by atoms with Crippen LogP contribution in [-0.4, -0.2) is 20.0 Å². The predicted molar refractivity (Wildman–Crippen MR) is 81.7 cm³/mol. The van der Waals surface area contributed by atoms with Crippen LogP contribution in [0.3, 0.4) is 0 Å². The van der Waals surface area contributed by atoms with Gasteiger partial charge < -0.3 is 15.5 Å². The minimum atomic E-state index is 0. The number of rotatable bonds is 4. The van der Waals surface area contributed by atoms with Gasteiger partial charge in [-0.05, 0) is 32.9 Å². The lowest BCUT2D eigenvalue weighted by atomic mass is 10.2. The highest BCUT2D eigenvalue weighted by atomic mass is 35.5. The van der Waals surface area contributed by atoms with Gasteiger partial charge in [0, 0.05) is 36.0 Å². The van der Waals surface area contributed by atoms with Crippen LogP contribution in [0.5, 0.6) is 11.5 Å². The maximum Gasteiger partial charge on any atom is 0.151 e. The summed E-state index contributed by atoms with van der Waals surface area (Å²) in [5, 5.41) is 26.6. The smallest absolute Gasteiger partial charge is 0.151 e. The molecule has 0 bridgehead atoms. The lowest BCUT2D eigenvalue weighted by Gasteiger charge is -2.07. The summed E-state index contributed by atoms with van der Waals surface area (Å²) < 4.78 is 1.90. The zero-order valence-electron chi connectivity index (χ0n) is 11.8. The van der Waals surface area contributed by atoms with Gasteiger partial charge in [0.15, 0.2) is 5.82 Å². The van der Waals surface area contributed by atoms with E-state index in [1.807, 2.05) is 17.8 Å². The van der Waals surface area contributed by atoms with Crippen molar-refractivity contribution >= 4 is 18.2 Å². The molecular weight excluding hydrogens is 278 g/mol. The summed E-state index contributed by atoms with van der Waals surface area (Å²) in [5.74, 6) is 0.941. The number of aryl methyl sites for hydroxylation is 1. The van der Waals surface area contributed by atoms with E-state index in [1.54, 1.807) is 12.1 Å². The largest absolute Gasteiger partial charge is 0.508 e. The topological polar surface area (TPSA) is 70.3 Å². The Morgan fingerprint density at radius 3 is 2.55 bits per heavy atom. The standard InChI is InChI=1S/C14H19N3O2.ClH/c1-9(2)17-8-10(3)14(16-17)15-7-11-4-5-12(18)6-13(11)19;/h4-6,8-9,18-19H,7H2,1-3H3,(H,15,16);1H. The summed E-state index contributed by atoms with van der Waals surface area (Å²) in [5.41, 5.74) is 1.78. The van der Waals surface area contributed by atoms with Gasteiger partial charge in [-0.3, -0.25) is 4.68 Å². The molecule has 2 rings (SSSR count). The van der Waals surface area contributed by atoms with Crippen LogP contribution >= 0.6 is 12.4 Å². The summed E-state index contributed by atoms with van der Waals surface area (Å²) in [6.45, 7) is 6.59. The molecule has 5 nitrogen and oxygen atoms in total. The van der Waals surface area contributed by atoms with Crippen molar-refractivity contribution in [2.45, 2.75) is 33.4 Å². The maximum absolute atomic E-state index is 9.71. The van der Waals surface area contributed by atoms with Gasteiger partial charge in [-0.15, -0.1) is 12.4 Å². The fraction of sp³-hybridized carbons (Fsp3) is 0.357. The lowest BCUT2D eigenvalue weighted by molar-refractivity contribution is 0.446. The third kappa shape index (κ3) is 3.57. The molecule has 1 heterocycles. The Bertz CT molecular complexity index is 582. The van der Waals surface area contributed by atoms with Crippen molar-refractivity contribution in [1.82, 2.24) is 9.78 Å². The summed E-state index contributed by atoms with van der Waals surface area (Å²) in [6.07, 6.45) is 1.99. The Labute approximate surface area is 124 Å². The van der Waals surface area contributed by atoms with Crippen LogP contribution in [0.1, 0.15) is 31.0 Å².